The topological polar surface area (TPSA) is 92.5 Å². The molecule has 0 aliphatic heterocycles. The summed E-state index contributed by atoms with van der Waals surface area (Å²) in [6, 6.07) is 6.27. The van der Waals surface area contributed by atoms with E-state index in [-0.39, 0.29) is 17.4 Å². The summed E-state index contributed by atoms with van der Waals surface area (Å²) in [4.78, 5) is 37.6. The number of hydrogen-bond acceptors (Lipinski definition) is 3. The number of nitrogens with two attached hydrogens (primary N) is 1. The Balaban J connectivity index is 2.09. The third-order valence-electron chi connectivity index (χ3n) is 4.42. The van der Waals surface area contributed by atoms with Gasteiger partial charge in [-0.05, 0) is 31.0 Å². The number of hydrogen-bond donors (Lipinski definition) is 2. The third-order valence-corrected chi connectivity index (χ3v) is 4.42. The number of carbonyl (C=O) groups is 3. The second-order valence-corrected chi connectivity index (χ2v) is 6.31. The standard InChI is InChI=1S/C17H23N3O3/c1-20(2)16(23)17(8-3-4-9-17)11-19-15(22)13-7-5-6-12(10-13)14(18)21/h5-7,10H,3-4,8-9,11H2,1-2H3,(H2,18,21)(H,19,22). The van der Waals surface area contributed by atoms with Gasteiger partial charge >= 0.3 is 0 Å². The van der Waals surface area contributed by atoms with Gasteiger partial charge in [0.2, 0.25) is 11.8 Å². The van der Waals surface area contributed by atoms with Crippen molar-refractivity contribution in [2.45, 2.75) is 25.7 Å². The van der Waals surface area contributed by atoms with Crippen molar-refractivity contribution in [3.05, 3.63) is 35.4 Å². The maximum Gasteiger partial charge on any atom is 0.251 e. The lowest BCUT2D eigenvalue weighted by Crippen LogP contribution is -2.46. The van der Waals surface area contributed by atoms with E-state index in [1.54, 1.807) is 37.2 Å². The first-order valence-corrected chi connectivity index (χ1v) is 7.75. The molecule has 1 aliphatic carbocycles. The van der Waals surface area contributed by atoms with Crippen LogP contribution in [-0.4, -0.2) is 43.3 Å². The predicted octanol–water partition coefficient (Wildman–Crippen LogP) is 1.16. The van der Waals surface area contributed by atoms with Gasteiger partial charge in [-0.3, -0.25) is 14.4 Å². The van der Waals surface area contributed by atoms with Crippen molar-refractivity contribution in [3.63, 3.8) is 0 Å². The molecular weight excluding hydrogens is 294 g/mol. The van der Waals surface area contributed by atoms with Gasteiger partial charge in [-0.15, -0.1) is 0 Å². The molecular formula is C17H23N3O3. The highest BCUT2D eigenvalue weighted by Crippen LogP contribution is 2.38. The monoisotopic (exact) mass is 317 g/mol. The van der Waals surface area contributed by atoms with E-state index in [0.717, 1.165) is 25.7 Å². The number of carbonyl (C=O) groups excluding carboxylic acids is 3. The van der Waals surface area contributed by atoms with Crippen molar-refractivity contribution in [2.75, 3.05) is 20.6 Å². The van der Waals surface area contributed by atoms with Crippen molar-refractivity contribution in [1.29, 1.82) is 0 Å². The maximum absolute atomic E-state index is 12.5. The minimum Gasteiger partial charge on any atom is -0.366 e. The summed E-state index contributed by atoms with van der Waals surface area (Å²) >= 11 is 0. The zero-order chi connectivity index (χ0) is 17.0. The Bertz CT molecular complexity index is 619. The summed E-state index contributed by atoms with van der Waals surface area (Å²) in [6.07, 6.45) is 3.55. The fraction of sp³-hybridized carbons (Fsp3) is 0.471. The van der Waals surface area contributed by atoms with Crippen LogP contribution < -0.4 is 11.1 Å². The van der Waals surface area contributed by atoms with Crippen LogP contribution >= 0.6 is 0 Å². The van der Waals surface area contributed by atoms with Gasteiger partial charge in [-0.1, -0.05) is 18.9 Å². The Labute approximate surface area is 136 Å². The van der Waals surface area contributed by atoms with E-state index >= 15 is 0 Å². The smallest absolute Gasteiger partial charge is 0.251 e. The van der Waals surface area contributed by atoms with Crippen LogP contribution in [-0.2, 0) is 4.79 Å². The molecule has 0 spiro atoms. The first-order chi connectivity index (χ1) is 10.9. The lowest BCUT2D eigenvalue weighted by Gasteiger charge is -2.30. The Morgan fingerprint density at radius 1 is 1.17 bits per heavy atom. The van der Waals surface area contributed by atoms with Gasteiger partial charge in [0.15, 0.2) is 0 Å². The van der Waals surface area contributed by atoms with Crippen LogP contribution in [0.15, 0.2) is 24.3 Å². The van der Waals surface area contributed by atoms with Crippen LogP contribution in [0.1, 0.15) is 46.4 Å². The molecule has 0 heterocycles. The molecule has 3 N–H and O–H groups in total. The Kier molecular flexibility index (Phi) is 5.03. The van der Waals surface area contributed by atoms with Crippen LogP contribution in [0, 0.1) is 5.41 Å². The fourth-order valence-corrected chi connectivity index (χ4v) is 3.16. The molecule has 1 aliphatic rings. The third kappa shape index (κ3) is 3.70. The molecule has 1 saturated carbocycles. The SMILES string of the molecule is CN(C)C(=O)C1(CNC(=O)c2cccc(C(N)=O)c2)CCCC1. The van der Waals surface area contributed by atoms with Gasteiger partial charge < -0.3 is 16.0 Å². The molecule has 0 atom stereocenters. The molecule has 6 nitrogen and oxygen atoms in total. The van der Waals surface area contributed by atoms with Crippen LogP contribution in [0.4, 0.5) is 0 Å². The molecule has 0 saturated heterocycles. The Hall–Kier alpha value is -2.37. The zero-order valence-electron chi connectivity index (χ0n) is 13.6. The highest BCUT2D eigenvalue weighted by molar-refractivity contribution is 5.99. The van der Waals surface area contributed by atoms with Crippen molar-refractivity contribution < 1.29 is 14.4 Å². The van der Waals surface area contributed by atoms with Crippen molar-refractivity contribution in [3.8, 4) is 0 Å². The quantitative estimate of drug-likeness (QED) is 0.853. The average Bonchev–Trinajstić information content (AvgIpc) is 3.01. The van der Waals surface area contributed by atoms with Gasteiger partial charge in [0, 0.05) is 31.8 Å². The van der Waals surface area contributed by atoms with Crippen LogP contribution in [0.3, 0.4) is 0 Å². The van der Waals surface area contributed by atoms with E-state index in [4.69, 9.17) is 5.73 Å². The number of nitrogens with zero attached hydrogens (tertiary/aromatic N) is 1. The second kappa shape index (κ2) is 6.81. The van der Waals surface area contributed by atoms with E-state index in [1.807, 2.05) is 0 Å². The Morgan fingerprint density at radius 3 is 2.35 bits per heavy atom. The molecule has 1 aromatic carbocycles. The van der Waals surface area contributed by atoms with Gasteiger partial charge in [0.1, 0.15) is 0 Å². The van der Waals surface area contributed by atoms with E-state index in [0.29, 0.717) is 12.1 Å². The van der Waals surface area contributed by atoms with Crippen molar-refractivity contribution in [1.82, 2.24) is 10.2 Å². The summed E-state index contributed by atoms with van der Waals surface area (Å²) in [5, 5.41) is 2.85. The summed E-state index contributed by atoms with van der Waals surface area (Å²) < 4.78 is 0. The van der Waals surface area contributed by atoms with E-state index < -0.39 is 11.3 Å². The van der Waals surface area contributed by atoms with Crippen LogP contribution in [0.25, 0.3) is 0 Å². The molecule has 3 amide bonds. The number of primary amides is 1. The van der Waals surface area contributed by atoms with E-state index in [2.05, 4.69) is 5.32 Å². The van der Waals surface area contributed by atoms with E-state index in [1.165, 1.54) is 6.07 Å². The molecule has 0 unspecified atom stereocenters. The molecule has 0 aromatic heterocycles. The van der Waals surface area contributed by atoms with Gasteiger partial charge in [0.25, 0.3) is 5.91 Å². The average molecular weight is 317 g/mol. The predicted molar refractivity (Wildman–Crippen MR) is 86.9 cm³/mol. The Morgan fingerprint density at radius 2 is 1.78 bits per heavy atom. The summed E-state index contributed by atoms with van der Waals surface area (Å²) in [5.74, 6) is -0.818. The highest BCUT2D eigenvalue weighted by atomic mass is 16.2. The first-order valence-electron chi connectivity index (χ1n) is 7.75. The van der Waals surface area contributed by atoms with Gasteiger partial charge in [0.05, 0.1) is 5.41 Å². The summed E-state index contributed by atoms with van der Waals surface area (Å²) in [6.45, 7) is 0.309. The van der Waals surface area contributed by atoms with Gasteiger partial charge in [-0.2, -0.15) is 0 Å². The van der Waals surface area contributed by atoms with Crippen molar-refractivity contribution in [2.24, 2.45) is 11.1 Å². The minimum atomic E-state index is -0.574. The summed E-state index contributed by atoms with van der Waals surface area (Å²) in [7, 11) is 3.47. The maximum atomic E-state index is 12.5. The molecule has 6 heteroatoms. The van der Waals surface area contributed by atoms with Crippen molar-refractivity contribution >= 4 is 17.7 Å². The first kappa shape index (κ1) is 17.0. The number of nitrogens with one attached hydrogen (secondary N) is 1. The number of rotatable bonds is 5. The molecule has 23 heavy (non-hydrogen) atoms. The lowest BCUT2D eigenvalue weighted by atomic mass is 9.84. The number of benzene rings is 1. The zero-order valence-corrected chi connectivity index (χ0v) is 13.6. The van der Waals surface area contributed by atoms with Gasteiger partial charge in [-0.25, -0.2) is 0 Å². The molecule has 0 radical (unpaired) electrons. The molecule has 1 fully saturated rings. The second-order valence-electron chi connectivity index (χ2n) is 6.31. The lowest BCUT2D eigenvalue weighted by molar-refractivity contribution is -0.138. The molecule has 124 valence electrons. The molecule has 2 rings (SSSR count). The molecule has 0 bridgehead atoms. The molecule has 1 aromatic rings. The van der Waals surface area contributed by atoms with E-state index in [9.17, 15) is 14.4 Å². The number of amides is 3. The van der Waals surface area contributed by atoms with Crippen LogP contribution in [0.2, 0.25) is 0 Å². The largest absolute Gasteiger partial charge is 0.366 e. The normalized spacial score (nSPS) is 15.9. The fourth-order valence-electron chi connectivity index (χ4n) is 3.16. The highest BCUT2D eigenvalue weighted by Gasteiger charge is 2.42. The van der Waals surface area contributed by atoms with Crippen LogP contribution in [0.5, 0.6) is 0 Å². The minimum absolute atomic E-state index is 0.0567. The summed E-state index contributed by atoms with van der Waals surface area (Å²) in [5.41, 5.74) is 5.37.